The fraction of sp³-hybridized carbons (Fsp3) is 0.846. The molecule has 2 amide bonds. The van der Waals surface area contributed by atoms with Crippen LogP contribution in [-0.4, -0.2) is 58.3 Å². The summed E-state index contributed by atoms with van der Waals surface area (Å²) in [6, 6.07) is -1.86. The van der Waals surface area contributed by atoms with Crippen molar-refractivity contribution in [3.8, 4) is 0 Å². The van der Waals surface area contributed by atoms with Crippen LogP contribution in [0.15, 0.2) is 0 Å². The molecule has 0 spiro atoms. The number of carbonyl (C=O) groups excluding carboxylic acids is 1. The Kier molecular flexibility index (Phi) is 5.86. The minimum Gasteiger partial charge on any atom is -0.481 e. The van der Waals surface area contributed by atoms with Crippen LogP contribution in [0.2, 0.25) is 0 Å². The second-order valence-electron chi connectivity index (χ2n) is 5.56. The van der Waals surface area contributed by atoms with Gasteiger partial charge in [0.2, 0.25) is 0 Å². The molecule has 122 valence electrons. The van der Waals surface area contributed by atoms with Gasteiger partial charge in [0.1, 0.15) is 6.54 Å². The molecule has 0 radical (unpaired) electrons. The molecule has 1 heterocycles. The van der Waals surface area contributed by atoms with Crippen molar-refractivity contribution in [2.45, 2.75) is 57.8 Å². The number of urea groups is 1. The molecular weight excluding hydrogens is 289 g/mol. The molecule has 0 aliphatic carbocycles. The Morgan fingerprint density at radius 2 is 1.95 bits per heavy atom. The first kappa shape index (κ1) is 17.6. The van der Waals surface area contributed by atoms with Gasteiger partial charge in [-0.1, -0.05) is 0 Å². The highest BCUT2D eigenvalue weighted by Gasteiger charge is 2.38. The molecule has 21 heavy (non-hydrogen) atoms. The molecule has 1 unspecified atom stereocenters. The van der Waals surface area contributed by atoms with Gasteiger partial charge >= 0.3 is 18.2 Å². The standard InChI is InChI=1S/C13H21F3N2O3/c1-9(2)18(8-13(14,15)16)12(21)17-6-4-3-5-10(17)7-11(19)20/h9-10H,3-8H2,1-2H3,(H,19,20). The minimum absolute atomic E-state index is 0.232. The first-order chi connectivity index (χ1) is 9.61. The summed E-state index contributed by atoms with van der Waals surface area (Å²) in [6.07, 6.45) is -2.74. The van der Waals surface area contributed by atoms with E-state index in [0.717, 1.165) is 11.3 Å². The van der Waals surface area contributed by atoms with Crippen LogP contribution in [0.3, 0.4) is 0 Å². The quantitative estimate of drug-likeness (QED) is 0.868. The van der Waals surface area contributed by atoms with Crippen LogP contribution >= 0.6 is 0 Å². The highest BCUT2D eigenvalue weighted by Crippen LogP contribution is 2.24. The number of alkyl halides is 3. The first-order valence-corrected chi connectivity index (χ1v) is 6.97. The monoisotopic (exact) mass is 310 g/mol. The third-order valence-corrected chi connectivity index (χ3v) is 3.50. The number of aliphatic carboxylic acids is 1. The van der Waals surface area contributed by atoms with E-state index < -0.39 is 36.8 Å². The Hall–Kier alpha value is -1.47. The van der Waals surface area contributed by atoms with Crippen LogP contribution in [-0.2, 0) is 4.79 Å². The van der Waals surface area contributed by atoms with Crippen LogP contribution in [0.25, 0.3) is 0 Å². The first-order valence-electron chi connectivity index (χ1n) is 6.97. The summed E-state index contributed by atoms with van der Waals surface area (Å²) in [5, 5.41) is 8.87. The number of hydrogen-bond donors (Lipinski definition) is 1. The number of piperidine rings is 1. The lowest BCUT2D eigenvalue weighted by atomic mass is 9.99. The molecule has 0 bridgehead atoms. The van der Waals surface area contributed by atoms with Crippen molar-refractivity contribution in [1.29, 1.82) is 0 Å². The van der Waals surface area contributed by atoms with E-state index in [1.807, 2.05) is 0 Å². The molecule has 1 N–H and O–H groups in total. The summed E-state index contributed by atoms with van der Waals surface area (Å²) in [6.45, 7) is 2.01. The number of carboxylic acid groups (broad SMARTS) is 1. The zero-order valence-electron chi connectivity index (χ0n) is 12.2. The number of hydrogen-bond acceptors (Lipinski definition) is 2. The van der Waals surface area contributed by atoms with Crippen molar-refractivity contribution in [2.75, 3.05) is 13.1 Å². The lowest BCUT2D eigenvalue weighted by molar-refractivity contribution is -0.145. The normalized spacial score (nSPS) is 19.7. The van der Waals surface area contributed by atoms with Gasteiger partial charge in [-0.3, -0.25) is 4.79 Å². The Bertz CT molecular complexity index is 385. The van der Waals surface area contributed by atoms with Crippen LogP contribution in [0.5, 0.6) is 0 Å². The van der Waals surface area contributed by atoms with Crippen molar-refractivity contribution >= 4 is 12.0 Å². The summed E-state index contributed by atoms with van der Waals surface area (Å²) >= 11 is 0. The van der Waals surface area contributed by atoms with Crippen molar-refractivity contribution in [2.24, 2.45) is 0 Å². The molecule has 0 aromatic carbocycles. The summed E-state index contributed by atoms with van der Waals surface area (Å²) in [5.41, 5.74) is 0. The van der Waals surface area contributed by atoms with Crippen molar-refractivity contribution in [3.63, 3.8) is 0 Å². The van der Waals surface area contributed by atoms with Gasteiger partial charge in [0.25, 0.3) is 0 Å². The van der Waals surface area contributed by atoms with Crippen LogP contribution in [0.4, 0.5) is 18.0 Å². The van der Waals surface area contributed by atoms with Gasteiger partial charge < -0.3 is 14.9 Å². The largest absolute Gasteiger partial charge is 0.481 e. The van der Waals surface area contributed by atoms with E-state index >= 15 is 0 Å². The minimum atomic E-state index is -4.47. The van der Waals surface area contributed by atoms with Crippen molar-refractivity contribution < 1.29 is 27.9 Å². The fourth-order valence-electron chi connectivity index (χ4n) is 2.50. The SMILES string of the molecule is CC(C)N(CC(F)(F)F)C(=O)N1CCCCC1CC(=O)O. The predicted molar refractivity (Wildman–Crippen MR) is 69.9 cm³/mol. The van der Waals surface area contributed by atoms with Crippen LogP contribution < -0.4 is 0 Å². The lowest BCUT2D eigenvalue weighted by Crippen LogP contribution is -2.54. The van der Waals surface area contributed by atoms with Crippen LogP contribution in [0, 0.1) is 0 Å². The molecule has 0 aromatic heterocycles. The number of likely N-dealkylation sites (tertiary alicyclic amines) is 1. The van der Waals surface area contributed by atoms with Crippen molar-refractivity contribution in [3.05, 3.63) is 0 Å². The maximum absolute atomic E-state index is 12.6. The Labute approximate surface area is 121 Å². The number of carboxylic acids is 1. The average molecular weight is 310 g/mol. The molecule has 8 heteroatoms. The molecule has 1 atom stereocenters. The topological polar surface area (TPSA) is 60.9 Å². The zero-order chi connectivity index (χ0) is 16.2. The van der Waals surface area contributed by atoms with E-state index in [-0.39, 0.29) is 6.42 Å². The van der Waals surface area contributed by atoms with Crippen LogP contribution in [0.1, 0.15) is 39.5 Å². The summed E-state index contributed by atoms with van der Waals surface area (Å²) in [5.74, 6) is -1.05. The Morgan fingerprint density at radius 3 is 2.43 bits per heavy atom. The highest BCUT2D eigenvalue weighted by molar-refractivity contribution is 5.76. The number of rotatable bonds is 4. The number of nitrogens with zero attached hydrogens (tertiary/aromatic N) is 2. The molecule has 1 aliphatic rings. The van der Waals surface area contributed by atoms with Gasteiger partial charge in [0.15, 0.2) is 0 Å². The van der Waals surface area contributed by atoms with Gasteiger partial charge in [0, 0.05) is 18.6 Å². The van der Waals surface area contributed by atoms with Gasteiger partial charge in [-0.25, -0.2) is 4.79 Å². The average Bonchev–Trinajstić information content (AvgIpc) is 2.34. The molecule has 1 rings (SSSR count). The second kappa shape index (κ2) is 7.00. The van der Waals surface area contributed by atoms with E-state index in [2.05, 4.69) is 0 Å². The lowest BCUT2D eigenvalue weighted by Gasteiger charge is -2.40. The molecular formula is C13H21F3N2O3. The van der Waals surface area contributed by atoms with E-state index in [0.29, 0.717) is 19.4 Å². The van der Waals surface area contributed by atoms with Gasteiger partial charge in [-0.15, -0.1) is 0 Å². The molecule has 5 nitrogen and oxygen atoms in total. The molecule has 0 saturated carbocycles. The fourth-order valence-corrected chi connectivity index (χ4v) is 2.50. The van der Waals surface area contributed by atoms with Gasteiger partial charge in [0.05, 0.1) is 6.42 Å². The summed E-state index contributed by atoms with van der Waals surface area (Å²) in [7, 11) is 0. The maximum atomic E-state index is 12.6. The number of halogens is 3. The summed E-state index contributed by atoms with van der Waals surface area (Å²) < 4.78 is 37.8. The van der Waals surface area contributed by atoms with Gasteiger partial charge in [-0.05, 0) is 33.1 Å². The van der Waals surface area contributed by atoms with E-state index in [4.69, 9.17) is 5.11 Å². The van der Waals surface area contributed by atoms with E-state index in [9.17, 15) is 22.8 Å². The van der Waals surface area contributed by atoms with E-state index in [1.54, 1.807) is 0 Å². The highest BCUT2D eigenvalue weighted by atomic mass is 19.4. The Morgan fingerprint density at radius 1 is 1.33 bits per heavy atom. The third kappa shape index (κ3) is 5.43. The number of carbonyl (C=O) groups is 2. The predicted octanol–water partition coefficient (Wildman–Crippen LogP) is 2.71. The zero-order valence-corrected chi connectivity index (χ0v) is 12.2. The van der Waals surface area contributed by atoms with Gasteiger partial charge in [-0.2, -0.15) is 13.2 Å². The van der Waals surface area contributed by atoms with E-state index in [1.165, 1.54) is 18.7 Å². The smallest absolute Gasteiger partial charge is 0.406 e. The third-order valence-electron chi connectivity index (χ3n) is 3.50. The van der Waals surface area contributed by atoms with Crippen molar-refractivity contribution in [1.82, 2.24) is 9.80 Å². The molecule has 0 aromatic rings. The molecule has 1 fully saturated rings. The summed E-state index contributed by atoms with van der Waals surface area (Å²) in [4.78, 5) is 25.2. The maximum Gasteiger partial charge on any atom is 0.406 e. The second-order valence-corrected chi connectivity index (χ2v) is 5.56. The Balaban J connectivity index is 2.86. The molecule has 1 saturated heterocycles. The number of amides is 2. The molecule has 1 aliphatic heterocycles.